The number of carboxylic acids is 1. The van der Waals surface area contributed by atoms with Gasteiger partial charge in [-0.05, 0) is 24.5 Å². The van der Waals surface area contributed by atoms with E-state index < -0.39 is 29.7 Å². The zero-order valence-corrected chi connectivity index (χ0v) is 16.6. The molecule has 2 aromatic rings. The second-order valence-electron chi connectivity index (χ2n) is 7.19. The van der Waals surface area contributed by atoms with Crippen molar-refractivity contribution in [2.75, 3.05) is 6.54 Å². The molecule has 0 bridgehead atoms. The molecule has 158 valence electrons. The largest absolute Gasteiger partial charge is 0.479 e. The van der Waals surface area contributed by atoms with Crippen molar-refractivity contribution in [1.29, 1.82) is 0 Å². The van der Waals surface area contributed by atoms with Gasteiger partial charge in [0.05, 0.1) is 6.04 Å². The fraction of sp³-hybridized carbons (Fsp3) is 0.318. The number of ether oxygens (including phenoxy) is 2. The van der Waals surface area contributed by atoms with Gasteiger partial charge in [-0.15, -0.1) is 0 Å². The van der Waals surface area contributed by atoms with Crippen LogP contribution in [0.5, 0.6) is 0 Å². The third-order valence-corrected chi connectivity index (χ3v) is 5.24. The van der Waals surface area contributed by atoms with Gasteiger partial charge < -0.3 is 19.9 Å². The van der Waals surface area contributed by atoms with Crippen LogP contribution in [0.25, 0.3) is 0 Å². The number of amides is 2. The van der Waals surface area contributed by atoms with Crippen molar-refractivity contribution in [3.05, 3.63) is 71.8 Å². The molecular weight excluding hydrogens is 388 g/mol. The number of nitrogens with one attached hydrogen (secondary N) is 1. The molecular formula is C22H24N2O6. The van der Waals surface area contributed by atoms with Crippen molar-refractivity contribution in [2.24, 2.45) is 0 Å². The van der Waals surface area contributed by atoms with Gasteiger partial charge in [-0.2, -0.15) is 0 Å². The van der Waals surface area contributed by atoms with Gasteiger partial charge in [0, 0.05) is 6.54 Å². The number of carbonyl (C=O) groups excluding carboxylic acids is 2. The summed E-state index contributed by atoms with van der Waals surface area (Å²) in [6.45, 7) is 1.63. The van der Waals surface area contributed by atoms with Gasteiger partial charge in [0.1, 0.15) is 13.2 Å². The maximum atomic E-state index is 12.6. The summed E-state index contributed by atoms with van der Waals surface area (Å²) in [5, 5.41) is 12.4. The van der Waals surface area contributed by atoms with Gasteiger partial charge in [0.2, 0.25) is 0 Å². The number of aliphatic carboxylic acids is 1. The van der Waals surface area contributed by atoms with E-state index in [0.717, 1.165) is 16.0 Å². The zero-order valence-electron chi connectivity index (χ0n) is 16.6. The monoisotopic (exact) mass is 412 g/mol. The Morgan fingerprint density at radius 1 is 1.00 bits per heavy atom. The maximum Gasteiger partial charge on any atom is 0.411 e. The van der Waals surface area contributed by atoms with E-state index in [1.165, 1.54) is 6.92 Å². The fourth-order valence-corrected chi connectivity index (χ4v) is 3.42. The number of alkyl carbamates (subject to hydrolysis) is 1. The minimum atomic E-state index is -1.65. The minimum Gasteiger partial charge on any atom is -0.479 e. The Kier molecular flexibility index (Phi) is 6.56. The summed E-state index contributed by atoms with van der Waals surface area (Å²) in [4.78, 5) is 38.0. The van der Waals surface area contributed by atoms with Gasteiger partial charge in [0.25, 0.3) is 0 Å². The lowest BCUT2D eigenvalue weighted by molar-refractivity contribution is -0.148. The van der Waals surface area contributed by atoms with Crippen molar-refractivity contribution >= 4 is 18.2 Å². The van der Waals surface area contributed by atoms with E-state index in [4.69, 9.17) is 9.47 Å². The quantitative estimate of drug-likeness (QED) is 0.755. The van der Waals surface area contributed by atoms with Gasteiger partial charge >= 0.3 is 18.2 Å². The average molecular weight is 412 g/mol. The topological polar surface area (TPSA) is 105 Å². The highest BCUT2D eigenvalue weighted by atomic mass is 16.6. The number of hydrogen-bond donors (Lipinski definition) is 2. The van der Waals surface area contributed by atoms with Crippen LogP contribution in [0.2, 0.25) is 0 Å². The first-order chi connectivity index (χ1) is 14.4. The molecule has 1 heterocycles. The van der Waals surface area contributed by atoms with E-state index in [2.05, 4.69) is 5.32 Å². The Hall–Kier alpha value is -3.55. The molecule has 1 saturated heterocycles. The predicted molar refractivity (Wildman–Crippen MR) is 108 cm³/mol. The molecule has 0 aromatic heterocycles. The first-order valence-corrected chi connectivity index (χ1v) is 9.60. The van der Waals surface area contributed by atoms with Crippen molar-refractivity contribution in [1.82, 2.24) is 10.2 Å². The Morgan fingerprint density at radius 2 is 1.53 bits per heavy atom. The lowest BCUT2D eigenvalue weighted by Gasteiger charge is -2.34. The normalized spacial score (nSPS) is 20.4. The number of benzene rings is 2. The Balaban J connectivity index is 1.61. The van der Waals surface area contributed by atoms with Crippen LogP contribution in [0.3, 0.4) is 0 Å². The standard InChI is InChI=1S/C22H24N2O6/c1-22(19(25)26)18(23-20(27)29-14-16-8-4-2-5-9-16)12-13-24(22)21(28)30-15-17-10-6-3-7-11-17/h2-11,18H,12-15H2,1H3,(H,23,27)(H,25,26)/t18-,22+/m1/s1. The highest BCUT2D eigenvalue weighted by Crippen LogP contribution is 2.31. The number of carboxylic acid groups (broad SMARTS) is 1. The zero-order chi connectivity index (χ0) is 21.6. The van der Waals surface area contributed by atoms with Crippen molar-refractivity contribution < 1.29 is 29.0 Å². The third-order valence-electron chi connectivity index (χ3n) is 5.24. The summed E-state index contributed by atoms with van der Waals surface area (Å²) in [6.07, 6.45) is -1.22. The first-order valence-electron chi connectivity index (χ1n) is 9.60. The number of carbonyl (C=O) groups is 3. The molecule has 8 nitrogen and oxygen atoms in total. The molecule has 1 aliphatic heterocycles. The number of nitrogens with zero attached hydrogens (tertiary/aromatic N) is 1. The first kappa shape index (κ1) is 21.2. The second-order valence-corrected chi connectivity index (χ2v) is 7.19. The summed E-state index contributed by atoms with van der Waals surface area (Å²) < 4.78 is 10.5. The summed E-state index contributed by atoms with van der Waals surface area (Å²) in [5.74, 6) is -1.23. The molecule has 2 N–H and O–H groups in total. The smallest absolute Gasteiger partial charge is 0.411 e. The van der Waals surface area contributed by atoms with Crippen LogP contribution < -0.4 is 5.32 Å². The van der Waals surface area contributed by atoms with Crippen LogP contribution in [0.1, 0.15) is 24.5 Å². The third kappa shape index (κ3) is 4.71. The summed E-state index contributed by atoms with van der Waals surface area (Å²) in [7, 11) is 0. The van der Waals surface area contributed by atoms with Crippen molar-refractivity contribution in [2.45, 2.75) is 38.1 Å². The Labute approximate surface area is 174 Å². The number of hydrogen-bond acceptors (Lipinski definition) is 5. The molecule has 1 fully saturated rings. The van der Waals surface area contributed by atoms with Gasteiger partial charge in [-0.1, -0.05) is 60.7 Å². The number of rotatable bonds is 6. The second kappa shape index (κ2) is 9.30. The molecule has 0 spiro atoms. The highest BCUT2D eigenvalue weighted by Gasteiger charge is 2.54. The van der Waals surface area contributed by atoms with Crippen LogP contribution in [0, 0.1) is 0 Å². The van der Waals surface area contributed by atoms with E-state index in [9.17, 15) is 19.5 Å². The van der Waals surface area contributed by atoms with Crippen LogP contribution in [-0.4, -0.2) is 46.3 Å². The molecule has 2 atom stereocenters. The average Bonchev–Trinajstić information content (AvgIpc) is 3.09. The molecule has 30 heavy (non-hydrogen) atoms. The summed E-state index contributed by atoms with van der Waals surface area (Å²) in [5.41, 5.74) is -0.0491. The Bertz CT molecular complexity index is 889. The molecule has 0 saturated carbocycles. The lowest BCUT2D eigenvalue weighted by atomic mass is 9.93. The van der Waals surface area contributed by atoms with E-state index in [1.807, 2.05) is 48.5 Å². The van der Waals surface area contributed by atoms with E-state index in [1.54, 1.807) is 12.1 Å². The summed E-state index contributed by atoms with van der Waals surface area (Å²) in [6, 6.07) is 17.4. The highest BCUT2D eigenvalue weighted by molar-refractivity contribution is 5.86. The van der Waals surface area contributed by atoms with Gasteiger partial charge in [-0.3, -0.25) is 4.90 Å². The molecule has 2 aromatic carbocycles. The van der Waals surface area contributed by atoms with E-state index in [-0.39, 0.29) is 26.2 Å². The molecule has 3 rings (SSSR count). The SMILES string of the molecule is C[C@@]1(C(=O)O)[C@H](NC(=O)OCc2ccccc2)CCN1C(=O)OCc1ccccc1. The number of likely N-dealkylation sites (tertiary alicyclic amines) is 1. The molecule has 0 aliphatic carbocycles. The van der Waals surface area contributed by atoms with Crippen molar-refractivity contribution in [3.8, 4) is 0 Å². The molecule has 8 heteroatoms. The van der Waals surface area contributed by atoms with Crippen LogP contribution in [-0.2, 0) is 27.5 Å². The van der Waals surface area contributed by atoms with Crippen LogP contribution in [0.15, 0.2) is 60.7 Å². The lowest BCUT2D eigenvalue weighted by Crippen LogP contribution is -2.61. The van der Waals surface area contributed by atoms with Crippen molar-refractivity contribution in [3.63, 3.8) is 0 Å². The maximum absolute atomic E-state index is 12.6. The van der Waals surface area contributed by atoms with Gasteiger partial charge in [-0.25, -0.2) is 14.4 Å². The molecule has 0 radical (unpaired) electrons. The molecule has 2 amide bonds. The minimum absolute atomic E-state index is 0.0308. The predicted octanol–water partition coefficient (Wildman–Crippen LogP) is 3.17. The van der Waals surface area contributed by atoms with Crippen LogP contribution >= 0.6 is 0 Å². The van der Waals surface area contributed by atoms with Crippen LogP contribution in [0.4, 0.5) is 9.59 Å². The molecule has 0 unspecified atom stereocenters. The van der Waals surface area contributed by atoms with Gasteiger partial charge in [0.15, 0.2) is 5.54 Å². The summed E-state index contributed by atoms with van der Waals surface area (Å²) >= 11 is 0. The Morgan fingerprint density at radius 3 is 2.07 bits per heavy atom. The molecule has 1 aliphatic rings. The van der Waals surface area contributed by atoms with E-state index >= 15 is 0 Å². The van der Waals surface area contributed by atoms with E-state index in [0.29, 0.717) is 0 Å². The fourth-order valence-electron chi connectivity index (χ4n) is 3.42.